The van der Waals surface area contributed by atoms with Crippen molar-refractivity contribution in [2.45, 2.75) is 0 Å². The average molecular weight is 254 g/mol. The van der Waals surface area contributed by atoms with Gasteiger partial charge in [0.05, 0.1) is 11.4 Å². The SMILES string of the molecule is O=c1[nH]cc(-c2ccccc2)n1-c1cccc(F)c1. The molecule has 3 nitrogen and oxygen atoms in total. The molecule has 1 N–H and O–H groups in total. The van der Waals surface area contributed by atoms with Crippen molar-refractivity contribution in [1.29, 1.82) is 0 Å². The molecular formula is C15H11FN2O. The van der Waals surface area contributed by atoms with Gasteiger partial charge in [-0.05, 0) is 18.2 Å². The summed E-state index contributed by atoms with van der Waals surface area (Å²) >= 11 is 0. The molecule has 0 spiro atoms. The zero-order valence-electron chi connectivity index (χ0n) is 10.0. The van der Waals surface area contributed by atoms with E-state index in [9.17, 15) is 9.18 Å². The Labute approximate surface area is 109 Å². The highest BCUT2D eigenvalue weighted by atomic mass is 19.1. The molecule has 0 fully saturated rings. The van der Waals surface area contributed by atoms with Crippen LogP contribution in [-0.2, 0) is 0 Å². The van der Waals surface area contributed by atoms with Crippen molar-refractivity contribution in [2.24, 2.45) is 0 Å². The predicted molar refractivity (Wildman–Crippen MR) is 71.8 cm³/mol. The molecule has 0 unspecified atom stereocenters. The van der Waals surface area contributed by atoms with Crippen LogP contribution in [0.4, 0.5) is 4.39 Å². The molecule has 0 aliphatic heterocycles. The van der Waals surface area contributed by atoms with E-state index in [2.05, 4.69) is 4.98 Å². The lowest BCUT2D eigenvalue weighted by Gasteiger charge is -2.07. The number of benzene rings is 2. The molecule has 0 aliphatic rings. The zero-order chi connectivity index (χ0) is 13.2. The quantitative estimate of drug-likeness (QED) is 0.750. The fourth-order valence-electron chi connectivity index (χ4n) is 2.06. The van der Waals surface area contributed by atoms with Crippen molar-refractivity contribution in [1.82, 2.24) is 9.55 Å². The van der Waals surface area contributed by atoms with Gasteiger partial charge in [-0.3, -0.25) is 4.57 Å². The molecule has 0 saturated heterocycles. The second kappa shape index (κ2) is 4.57. The summed E-state index contributed by atoms with van der Waals surface area (Å²) in [6, 6.07) is 15.5. The minimum atomic E-state index is -0.371. The highest BCUT2D eigenvalue weighted by Gasteiger charge is 2.10. The van der Waals surface area contributed by atoms with Gasteiger partial charge in [-0.15, -0.1) is 0 Å². The number of nitrogens with zero attached hydrogens (tertiary/aromatic N) is 1. The van der Waals surface area contributed by atoms with Crippen molar-refractivity contribution >= 4 is 0 Å². The Morgan fingerprint density at radius 2 is 1.79 bits per heavy atom. The van der Waals surface area contributed by atoms with Gasteiger partial charge in [0.25, 0.3) is 0 Å². The largest absolute Gasteiger partial charge is 0.330 e. The number of halogens is 1. The van der Waals surface area contributed by atoms with Gasteiger partial charge in [0, 0.05) is 11.8 Å². The van der Waals surface area contributed by atoms with Gasteiger partial charge in [0.1, 0.15) is 5.82 Å². The Bertz CT molecular complexity index is 759. The maximum Gasteiger partial charge on any atom is 0.330 e. The molecule has 94 valence electrons. The summed E-state index contributed by atoms with van der Waals surface area (Å²) in [5.74, 6) is -0.371. The lowest BCUT2D eigenvalue weighted by molar-refractivity contribution is 0.626. The molecule has 3 rings (SSSR count). The van der Waals surface area contributed by atoms with Crippen LogP contribution < -0.4 is 5.69 Å². The van der Waals surface area contributed by atoms with Crippen LogP contribution in [0.25, 0.3) is 16.9 Å². The first kappa shape index (κ1) is 11.5. The molecule has 0 radical (unpaired) electrons. The van der Waals surface area contributed by atoms with E-state index in [-0.39, 0.29) is 11.5 Å². The van der Waals surface area contributed by atoms with E-state index in [1.165, 1.54) is 16.7 Å². The van der Waals surface area contributed by atoms with Crippen LogP contribution in [-0.4, -0.2) is 9.55 Å². The van der Waals surface area contributed by atoms with Gasteiger partial charge < -0.3 is 4.98 Å². The second-order valence-corrected chi connectivity index (χ2v) is 4.16. The monoisotopic (exact) mass is 254 g/mol. The average Bonchev–Trinajstić information content (AvgIpc) is 2.82. The number of imidazole rings is 1. The normalized spacial score (nSPS) is 10.6. The molecule has 19 heavy (non-hydrogen) atoms. The molecule has 1 heterocycles. The van der Waals surface area contributed by atoms with E-state index in [4.69, 9.17) is 0 Å². The first-order valence-electron chi connectivity index (χ1n) is 5.87. The summed E-state index contributed by atoms with van der Waals surface area (Å²) in [4.78, 5) is 14.5. The van der Waals surface area contributed by atoms with E-state index in [0.717, 1.165) is 5.56 Å². The zero-order valence-corrected chi connectivity index (χ0v) is 10.0. The third-order valence-electron chi connectivity index (χ3n) is 2.91. The van der Waals surface area contributed by atoms with E-state index in [0.29, 0.717) is 11.4 Å². The molecule has 2 aromatic carbocycles. The summed E-state index contributed by atoms with van der Waals surface area (Å²) in [5, 5.41) is 0. The minimum absolute atomic E-state index is 0.288. The summed E-state index contributed by atoms with van der Waals surface area (Å²) in [6.07, 6.45) is 1.63. The summed E-state index contributed by atoms with van der Waals surface area (Å²) in [5.41, 5.74) is 1.82. The lowest BCUT2D eigenvalue weighted by Crippen LogP contribution is -2.15. The van der Waals surface area contributed by atoms with Crippen LogP contribution in [0.2, 0.25) is 0 Å². The maximum absolute atomic E-state index is 13.3. The number of rotatable bonds is 2. The van der Waals surface area contributed by atoms with Gasteiger partial charge in [0.2, 0.25) is 0 Å². The number of H-pyrrole nitrogens is 1. The van der Waals surface area contributed by atoms with Gasteiger partial charge in [0.15, 0.2) is 0 Å². The molecular weight excluding hydrogens is 243 g/mol. The second-order valence-electron chi connectivity index (χ2n) is 4.16. The Balaban J connectivity index is 2.23. The van der Waals surface area contributed by atoms with Crippen LogP contribution in [0.5, 0.6) is 0 Å². The number of hydrogen-bond donors (Lipinski definition) is 1. The van der Waals surface area contributed by atoms with Gasteiger partial charge in [-0.2, -0.15) is 0 Å². The van der Waals surface area contributed by atoms with Crippen molar-refractivity contribution in [2.75, 3.05) is 0 Å². The van der Waals surface area contributed by atoms with Crippen molar-refractivity contribution in [3.8, 4) is 16.9 Å². The first-order valence-corrected chi connectivity index (χ1v) is 5.87. The Hall–Kier alpha value is -2.62. The molecule has 3 aromatic rings. The van der Waals surface area contributed by atoms with Crippen molar-refractivity contribution in [3.05, 3.63) is 77.1 Å². The van der Waals surface area contributed by atoms with E-state index in [1.807, 2.05) is 30.3 Å². The van der Waals surface area contributed by atoms with Crippen LogP contribution >= 0.6 is 0 Å². The number of aromatic amines is 1. The van der Waals surface area contributed by atoms with Crippen LogP contribution in [0.3, 0.4) is 0 Å². The molecule has 0 bridgehead atoms. The van der Waals surface area contributed by atoms with E-state index >= 15 is 0 Å². The van der Waals surface area contributed by atoms with Crippen LogP contribution in [0.15, 0.2) is 65.6 Å². The summed E-state index contributed by atoms with van der Waals surface area (Å²) in [7, 11) is 0. The van der Waals surface area contributed by atoms with Crippen molar-refractivity contribution < 1.29 is 4.39 Å². The van der Waals surface area contributed by atoms with E-state index < -0.39 is 0 Å². The molecule has 0 atom stereocenters. The third-order valence-corrected chi connectivity index (χ3v) is 2.91. The Morgan fingerprint density at radius 1 is 1.00 bits per heavy atom. The Morgan fingerprint density at radius 3 is 2.53 bits per heavy atom. The maximum atomic E-state index is 13.3. The molecule has 0 amide bonds. The van der Waals surface area contributed by atoms with Gasteiger partial charge >= 0.3 is 5.69 Å². The topological polar surface area (TPSA) is 37.8 Å². The fraction of sp³-hybridized carbons (Fsp3) is 0. The molecule has 4 heteroatoms. The van der Waals surface area contributed by atoms with Gasteiger partial charge in [-0.25, -0.2) is 9.18 Å². The minimum Gasteiger partial charge on any atom is -0.312 e. The number of hydrogen-bond acceptors (Lipinski definition) is 1. The van der Waals surface area contributed by atoms with E-state index in [1.54, 1.807) is 18.3 Å². The molecule has 1 aromatic heterocycles. The van der Waals surface area contributed by atoms with Crippen LogP contribution in [0.1, 0.15) is 0 Å². The predicted octanol–water partition coefficient (Wildman–Crippen LogP) is 2.97. The molecule has 0 aliphatic carbocycles. The summed E-state index contributed by atoms with van der Waals surface area (Å²) in [6.45, 7) is 0. The highest BCUT2D eigenvalue weighted by molar-refractivity contribution is 5.61. The highest BCUT2D eigenvalue weighted by Crippen LogP contribution is 2.20. The van der Waals surface area contributed by atoms with Crippen LogP contribution in [0, 0.1) is 5.82 Å². The molecule has 0 saturated carbocycles. The summed E-state index contributed by atoms with van der Waals surface area (Å²) < 4.78 is 14.8. The lowest BCUT2D eigenvalue weighted by atomic mass is 10.1. The standard InChI is InChI=1S/C15H11FN2O/c16-12-7-4-8-13(9-12)18-14(10-17-15(18)19)11-5-2-1-3-6-11/h1-10H,(H,17,19). The number of aromatic nitrogens is 2. The number of nitrogens with one attached hydrogen (secondary N) is 1. The Kier molecular flexibility index (Phi) is 2.76. The fourth-order valence-corrected chi connectivity index (χ4v) is 2.06. The van der Waals surface area contributed by atoms with Crippen molar-refractivity contribution in [3.63, 3.8) is 0 Å². The smallest absolute Gasteiger partial charge is 0.312 e. The third kappa shape index (κ3) is 2.08. The first-order chi connectivity index (χ1) is 9.25. The van der Waals surface area contributed by atoms with Gasteiger partial charge in [-0.1, -0.05) is 36.4 Å².